The first-order chi connectivity index (χ1) is 18.4. The Morgan fingerprint density at radius 1 is 1.11 bits per heavy atom. The number of fused-ring (bicyclic) bond motifs is 3. The molecule has 2 amide bonds. The molecule has 4 N–H and O–H groups in total. The van der Waals surface area contributed by atoms with Crippen molar-refractivity contribution in [3.8, 4) is 0 Å². The van der Waals surface area contributed by atoms with Gasteiger partial charge < -0.3 is 20.5 Å². The average Bonchev–Trinajstić information content (AvgIpc) is 3.33. The molecule has 2 aliphatic rings. The molecule has 38 heavy (non-hydrogen) atoms. The van der Waals surface area contributed by atoms with Gasteiger partial charge in [-0.15, -0.1) is 0 Å². The summed E-state index contributed by atoms with van der Waals surface area (Å²) in [5, 5.41) is 24.2. The Morgan fingerprint density at radius 3 is 2.71 bits per heavy atom. The molecule has 1 heterocycles. The molecule has 8 heteroatoms. The van der Waals surface area contributed by atoms with Crippen LogP contribution in [0.2, 0.25) is 0 Å². The summed E-state index contributed by atoms with van der Waals surface area (Å²) in [4.78, 5) is 27.0. The van der Waals surface area contributed by atoms with E-state index in [4.69, 9.17) is 4.74 Å². The van der Waals surface area contributed by atoms with E-state index in [2.05, 4.69) is 20.8 Å². The molecule has 1 aromatic heterocycles. The van der Waals surface area contributed by atoms with Gasteiger partial charge in [0, 0.05) is 17.5 Å². The van der Waals surface area contributed by atoms with E-state index in [-0.39, 0.29) is 25.0 Å². The number of alkyl carbamates (subject to hydrolysis) is 1. The number of hydrogen-bond acceptors (Lipinski definition) is 5. The second-order valence-electron chi connectivity index (χ2n) is 11.2. The Balaban J connectivity index is 1.33. The predicted octanol–water partition coefficient (Wildman–Crippen LogP) is 4.28. The molecule has 2 bridgehead atoms. The van der Waals surface area contributed by atoms with Crippen LogP contribution in [0.15, 0.2) is 54.6 Å². The molecule has 0 aliphatic heterocycles. The third-order valence-electron chi connectivity index (χ3n) is 8.30. The number of benzene rings is 2. The number of carbonyl (C=O) groups is 2. The first-order valence-electron chi connectivity index (χ1n) is 13.8. The first kappa shape index (κ1) is 26.2. The zero-order chi connectivity index (χ0) is 26.5. The van der Waals surface area contributed by atoms with Crippen molar-refractivity contribution in [3.63, 3.8) is 0 Å². The van der Waals surface area contributed by atoms with Crippen LogP contribution < -0.4 is 10.6 Å². The van der Waals surface area contributed by atoms with E-state index in [1.54, 1.807) is 6.92 Å². The van der Waals surface area contributed by atoms with Gasteiger partial charge in [0.15, 0.2) is 0 Å². The molecule has 2 aliphatic carbocycles. The number of aliphatic hydroxyl groups is 1. The SMILES string of the molecule is CC(Cc1[nH]nc2ccccc12)(NC(=O)OC1CCC2CCCC1C2)C(=O)NC(CO)Cc1ccccc1. The predicted molar refractivity (Wildman–Crippen MR) is 145 cm³/mol. The van der Waals surface area contributed by atoms with E-state index in [9.17, 15) is 14.7 Å². The number of hydrogen-bond donors (Lipinski definition) is 4. The highest BCUT2D eigenvalue weighted by Gasteiger charge is 2.40. The van der Waals surface area contributed by atoms with Crippen molar-refractivity contribution in [2.45, 2.75) is 76.0 Å². The highest BCUT2D eigenvalue weighted by Crippen LogP contribution is 2.41. The fraction of sp³-hybridized carbons (Fsp3) is 0.500. The lowest BCUT2D eigenvalue weighted by molar-refractivity contribution is -0.128. The molecule has 5 rings (SSSR count). The molecule has 0 spiro atoms. The lowest BCUT2D eigenvalue weighted by Crippen LogP contribution is -2.61. The molecule has 3 aromatic rings. The number of carbonyl (C=O) groups excluding carboxylic acids is 2. The molecule has 0 saturated heterocycles. The van der Waals surface area contributed by atoms with Gasteiger partial charge in [0.25, 0.3) is 0 Å². The second kappa shape index (κ2) is 11.6. The van der Waals surface area contributed by atoms with Crippen molar-refractivity contribution in [1.29, 1.82) is 0 Å². The first-order valence-corrected chi connectivity index (χ1v) is 13.8. The molecular formula is C30H38N4O4. The summed E-state index contributed by atoms with van der Waals surface area (Å²) < 4.78 is 5.95. The second-order valence-corrected chi connectivity index (χ2v) is 11.2. The van der Waals surface area contributed by atoms with Crippen molar-refractivity contribution >= 4 is 22.9 Å². The normalized spacial score (nSPS) is 23.3. The monoisotopic (exact) mass is 518 g/mol. The van der Waals surface area contributed by atoms with E-state index < -0.39 is 17.7 Å². The van der Waals surface area contributed by atoms with Crippen LogP contribution in [-0.2, 0) is 22.4 Å². The highest BCUT2D eigenvalue weighted by atomic mass is 16.6. The summed E-state index contributed by atoms with van der Waals surface area (Å²) in [6, 6.07) is 16.9. The Morgan fingerprint density at radius 2 is 1.89 bits per heavy atom. The maximum atomic E-state index is 13.8. The maximum Gasteiger partial charge on any atom is 0.408 e. The van der Waals surface area contributed by atoms with E-state index in [0.29, 0.717) is 12.3 Å². The maximum absolute atomic E-state index is 13.8. The molecule has 202 valence electrons. The Labute approximate surface area is 223 Å². The van der Waals surface area contributed by atoms with E-state index in [1.807, 2.05) is 54.6 Å². The lowest BCUT2D eigenvalue weighted by Gasteiger charge is -2.40. The molecular weight excluding hydrogens is 480 g/mol. The van der Waals surface area contributed by atoms with Crippen molar-refractivity contribution in [2.75, 3.05) is 6.61 Å². The summed E-state index contributed by atoms with van der Waals surface area (Å²) in [5.41, 5.74) is 1.21. The van der Waals surface area contributed by atoms with Gasteiger partial charge in [0.1, 0.15) is 11.6 Å². The van der Waals surface area contributed by atoms with Crippen LogP contribution in [0.4, 0.5) is 4.79 Å². The minimum Gasteiger partial charge on any atom is -0.446 e. The number of ether oxygens (including phenoxy) is 1. The third-order valence-corrected chi connectivity index (χ3v) is 8.30. The molecule has 2 aromatic carbocycles. The molecule has 0 radical (unpaired) electrons. The molecule has 2 saturated carbocycles. The zero-order valence-electron chi connectivity index (χ0n) is 22.0. The van der Waals surface area contributed by atoms with Gasteiger partial charge in [-0.3, -0.25) is 9.89 Å². The van der Waals surface area contributed by atoms with Gasteiger partial charge in [-0.1, -0.05) is 61.4 Å². The van der Waals surface area contributed by atoms with Crippen LogP contribution in [0.1, 0.15) is 56.7 Å². The smallest absolute Gasteiger partial charge is 0.408 e. The van der Waals surface area contributed by atoms with E-state index >= 15 is 0 Å². The third kappa shape index (κ3) is 6.01. The van der Waals surface area contributed by atoms with Crippen LogP contribution in [0.5, 0.6) is 0 Å². The topological polar surface area (TPSA) is 116 Å². The van der Waals surface area contributed by atoms with Gasteiger partial charge in [0.2, 0.25) is 5.91 Å². The summed E-state index contributed by atoms with van der Waals surface area (Å²) in [6.07, 6.45) is 6.60. The highest BCUT2D eigenvalue weighted by molar-refractivity contribution is 5.91. The van der Waals surface area contributed by atoms with Crippen LogP contribution >= 0.6 is 0 Å². The number of aromatic amines is 1. The fourth-order valence-electron chi connectivity index (χ4n) is 6.20. The summed E-state index contributed by atoms with van der Waals surface area (Å²) in [6.45, 7) is 1.48. The minimum absolute atomic E-state index is 0.116. The number of para-hydroxylation sites is 1. The van der Waals surface area contributed by atoms with Crippen molar-refractivity contribution in [1.82, 2.24) is 20.8 Å². The van der Waals surface area contributed by atoms with Crippen LogP contribution in [0, 0.1) is 11.8 Å². The summed E-state index contributed by atoms with van der Waals surface area (Å²) in [7, 11) is 0. The number of aromatic nitrogens is 2. The molecule has 8 nitrogen and oxygen atoms in total. The number of nitrogens with one attached hydrogen (secondary N) is 3. The van der Waals surface area contributed by atoms with Crippen LogP contribution in [0.3, 0.4) is 0 Å². The van der Waals surface area contributed by atoms with Crippen molar-refractivity contribution in [3.05, 3.63) is 65.9 Å². The molecule has 5 unspecified atom stereocenters. The van der Waals surface area contributed by atoms with Crippen LogP contribution in [0.25, 0.3) is 10.9 Å². The van der Waals surface area contributed by atoms with Crippen LogP contribution in [-0.4, -0.2) is 51.6 Å². The van der Waals surface area contributed by atoms with Gasteiger partial charge >= 0.3 is 6.09 Å². The number of H-pyrrole nitrogens is 1. The number of aliphatic hydroxyl groups excluding tert-OH is 1. The van der Waals surface area contributed by atoms with Crippen molar-refractivity contribution in [2.24, 2.45) is 11.8 Å². The summed E-state index contributed by atoms with van der Waals surface area (Å²) in [5.74, 6) is 0.764. The molecule has 5 atom stereocenters. The Bertz CT molecular complexity index is 1250. The quantitative estimate of drug-likeness (QED) is 0.337. The Hall–Kier alpha value is -3.39. The van der Waals surface area contributed by atoms with E-state index in [0.717, 1.165) is 53.8 Å². The van der Waals surface area contributed by atoms with Crippen molar-refractivity contribution < 1.29 is 19.4 Å². The number of amides is 2. The Kier molecular flexibility index (Phi) is 7.98. The fourth-order valence-corrected chi connectivity index (χ4v) is 6.20. The van der Waals surface area contributed by atoms with Gasteiger partial charge in [-0.05, 0) is 62.5 Å². The summed E-state index contributed by atoms with van der Waals surface area (Å²) >= 11 is 0. The lowest BCUT2D eigenvalue weighted by atomic mass is 9.71. The molecule has 2 fully saturated rings. The standard InChI is InChI=1S/C30H38N4O4/c1-30(18-26-24-12-5-6-13-25(24)33-34-26,28(36)31-23(19-35)17-20-8-3-2-4-9-20)32-29(37)38-27-15-14-21-10-7-11-22(27)16-21/h2-6,8-9,12-13,21-23,27,35H,7,10-11,14-19H2,1H3,(H,31,36)(H,32,37)(H,33,34). The number of nitrogens with zero attached hydrogens (tertiary/aromatic N) is 1. The van der Waals surface area contributed by atoms with Gasteiger partial charge in [0.05, 0.1) is 18.2 Å². The van der Waals surface area contributed by atoms with Gasteiger partial charge in [-0.2, -0.15) is 5.10 Å². The number of rotatable bonds is 9. The minimum atomic E-state index is -1.33. The average molecular weight is 519 g/mol. The van der Waals surface area contributed by atoms with Gasteiger partial charge in [-0.25, -0.2) is 4.79 Å². The zero-order valence-corrected chi connectivity index (χ0v) is 22.0. The largest absolute Gasteiger partial charge is 0.446 e. The van der Waals surface area contributed by atoms with E-state index in [1.165, 1.54) is 12.8 Å².